The standard InChI is InChI=1S/C22H19N5O3S2/c1-14-12-15(2)24-21(23-14)27-32(29,30)18-10-8-17(9-11-18)20(28)26-22-25-19(13-31-22)16-6-4-3-5-7-16/h3-13H,1-2H3,(H,23,24,27)(H,25,26,28). The van der Waals surface area contributed by atoms with Gasteiger partial charge in [0.1, 0.15) is 0 Å². The number of anilines is 2. The van der Waals surface area contributed by atoms with Crippen LogP contribution in [0.5, 0.6) is 0 Å². The number of hydrogen-bond donors (Lipinski definition) is 2. The van der Waals surface area contributed by atoms with E-state index in [0.717, 1.165) is 11.3 Å². The van der Waals surface area contributed by atoms with Gasteiger partial charge in [-0.2, -0.15) is 0 Å². The summed E-state index contributed by atoms with van der Waals surface area (Å²) in [6, 6.07) is 17.0. The molecule has 0 aliphatic carbocycles. The molecule has 0 atom stereocenters. The molecule has 2 heterocycles. The lowest BCUT2D eigenvalue weighted by Crippen LogP contribution is -2.16. The van der Waals surface area contributed by atoms with Gasteiger partial charge in [0, 0.05) is 27.9 Å². The quantitative estimate of drug-likeness (QED) is 0.440. The maximum atomic E-state index is 12.6. The van der Waals surface area contributed by atoms with E-state index in [2.05, 4.69) is 25.0 Å². The van der Waals surface area contributed by atoms with E-state index >= 15 is 0 Å². The van der Waals surface area contributed by atoms with Gasteiger partial charge in [-0.15, -0.1) is 11.3 Å². The number of nitrogens with zero attached hydrogens (tertiary/aromatic N) is 3. The van der Waals surface area contributed by atoms with Gasteiger partial charge in [0.15, 0.2) is 5.13 Å². The van der Waals surface area contributed by atoms with Gasteiger partial charge in [0.25, 0.3) is 15.9 Å². The van der Waals surface area contributed by atoms with E-state index in [4.69, 9.17) is 0 Å². The molecule has 0 spiro atoms. The van der Waals surface area contributed by atoms with E-state index < -0.39 is 10.0 Å². The number of sulfonamides is 1. The molecule has 0 aliphatic rings. The van der Waals surface area contributed by atoms with Crippen LogP contribution in [-0.4, -0.2) is 29.3 Å². The van der Waals surface area contributed by atoms with Crippen molar-refractivity contribution in [2.75, 3.05) is 10.0 Å². The zero-order chi connectivity index (χ0) is 22.7. The highest BCUT2D eigenvalue weighted by molar-refractivity contribution is 7.92. The first kappa shape index (κ1) is 21.6. The summed E-state index contributed by atoms with van der Waals surface area (Å²) < 4.78 is 27.6. The van der Waals surface area contributed by atoms with E-state index in [1.165, 1.54) is 35.6 Å². The molecule has 2 N–H and O–H groups in total. The third-order valence-corrected chi connectivity index (χ3v) is 6.53. The van der Waals surface area contributed by atoms with Crippen molar-refractivity contribution in [2.45, 2.75) is 18.7 Å². The average molecular weight is 466 g/mol. The van der Waals surface area contributed by atoms with E-state index in [0.29, 0.717) is 22.1 Å². The van der Waals surface area contributed by atoms with E-state index in [1.807, 2.05) is 35.7 Å². The van der Waals surface area contributed by atoms with Crippen LogP contribution in [0.4, 0.5) is 11.1 Å². The van der Waals surface area contributed by atoms with Crippen LogP contribution < -0.4 is 10.0 Å². The Morgan fingerprint density at radius 1 is 0.906 bits per heavy atom. The molecule has 0 radical (unpaired) electrons. The molecule has 1 amide bonds. The summed E-state index contributed by atoms with van der Waals surface area (Å²) in [5.74, 6) is -0.379. The molecule has 0 saturated heterocycles. The second-order valence-corrected chi connectivity index (χ2v) is 9.50. The van der Waals surface area contributed by atoms with Gasteiger partial charge in [-0.25, -0.2) is 28.1 Å². The minimum absolute atomic E-state index is 0.00214. The predicted molar refractivity (Wildman–Crippen MR) is 124 cm³/mol. The number of carbonyl (C=O) groups is 1. The molecule has 162 valence electrons. The van der Waals surface area contributed by atoms with Crippen LogP contribution in [0.2, 0.25) is 0 Å². The molecular weight excluding hydrogens is 446 g/mol. The summed E-state index contributed by atoms with van der Waals surface area (Å²) in [6.45, 7) is 3.51. The van der Waals surface area contributed by atoms with Crippen LogP contribution in [0.15, 0.2) is 70.9 Å². The fourth-order valence-corrected chi connectivity index (χ4v) is 4.64. The van der Waals surface area contributed by atoms with Gasteiger partial charge >= 0.3 is 0 Å². The molecule has 0 bridgehead atoms. The largest absolute Gasteiger partial charge is 0.298 e. The Morgan fingerprint density at radius 3 is 2.22 bits per heavy atom. The fraction of sp³-hybridized carbons (Fsp3) is 0.0909. The Balaban J connectivity index is 1.46. The molecule has 2 aromatic carbocycles. The molecule has 4 rings (SSSR count). The zero-order valence-corrected chi connectivity index (χ0v) is 18.9. The van der Waals surface area contributed by atoms with Gasteiger partial charge in [-0.1, -0.05) is 30.3 Å². The molecule has 0 aliphatic heterocycles. The lowest BCUT2D eigenvalue weighted by molar-refractivity contribution is 0.102. The van der Waals surface area contributed by atoms with Gasteiger partial charge in [0.05, 0.1) is 10.6 Å². The highest BCUT2D eigenvalue weighted by atomic mass is 32.2. The summed E-state index contributed by atoms with van der Waals surface area (Å²) >= 11 is 1.32. The van der Waals surface area contributed by atoms with E-state index in [-0.39, 0.29) is 16.8 Å². The van der Waals surface area contributed by atoms with Crippen molar-refractivity contribution in [3.8, 4) is 11.3 Å². The molecule has 32 heavy (non-hydrogen) atoms. The summed E-state index contributed by atoms with van der Waals surface area (Å²) in [5, 5.41) is 5.06. The van der Waals surface area contributed by atoms with Crippen molar-refractivity contribution in [3.63, 3.8) is 0 Å². The summed E-state index contributed by atoms with van der Waals surface area (Å²) in [6.07, 6.45) is 0. The number of amides is 1. The molecular formula is C22H19N5O3S2. The Hall–Kier alpha value is -3.63. The molecule has 0 saturated carbocycles. The first-order chi connectivity index (χ1) is 15.3. The van der Waals surface area contributed by atoms with Crippen LogP contribution in [0.3, 0.4) is 0 Å². The number of nitrogens with one attached hydrogen (secondary N) is 2. The van der Waals surface area contributed by atoms with Gasteiger partial charge in [-0.3, -0.25) is 10.1 Å². The van der Waals surface area contributed by atoms with Crippen molar-refractivity contribution >= 4 is 38.3 Å². The van der Waals surface area contributed by atoms with Crippen molar-refractivity contribution in [3.05, 3.63) is 83.0 Å². The second-order valence-electron chi connectivity index (χ2n) is 6.96. The molecule has 8 nitrogen and oxygen atoms in total. The van der Waals surface area contributed by atoms with Crippen molar-refractivity contribution < 1.29 is 13.2 Å². The Morgan fingerprint density at radius 2 is 1.56 bits per heavy atom. The summed E-state index contributed by atoms with van der Waals surface area (Å²) in [4.78, 5) is 25.2. The van der Waals surface area contributed by atoms with Crippen LogP contribution in [0.1, 0.15) is 21.7 Å². The Kier molecular flexibility index (Phi) is 5.97. The average Bonchev–Trinajstić information content (AvgIpc) is 3.22. The van der Waals surface area contributed by atoms with E-state index in [9.17, 15) is 13.2 Å². The third-order valence-electron chi connectivity index (χ3n) is 4.43. The number of thiazole rings is 1. The monoisotopic (exact) mass is 465 g/mol. The van der Waals surface area contributed by atoms with Crippen LogP contribution in [0.25, 0.3) is 11.3 Å². The number of carbonyl (C=O) groups excluding carboxylic acids is 1. The lowest BCUT2D eigenvalue weighted by atomic mass is 10.2. The number of hydrogen-bond acceptors (Lipinski definition) is 7. The lowest BCUT2D eigenvalue weighted by Gasteiger charge is -2.08. The topological polar surface area (TPSA) is 114 Å². The van der Waals surface area contributed by atoms with Crippen LogP contribution in [0, 0.1) is 13.8 Å². The minimum Gasteiger partial charge on any atom is -0.298 e. The molecule has 4 aromatic rings. The highest BCUT2D eigenvalue weighted by Gasteiger charge is 2.17. The summed E-state index contributed by atoms with van der Waals surface area (Å²) in [7, 11) is -3.89. The predicted octanol–water partition coefficient (Wildman–Crippen LogP) is 4.27. The van der Waals surface area contributed by atoms with Gasteiger partial charge < -0.3 is 0 Å². The second kappa shape index (κ2) is 8.85. The SMILES string of the molecule is Cc1cc(C)nc(NS(=O)(=O)c2ccc(C(=O)Nc3nc(-c4ccccc4)cs3)cc2)n1. The fourth-order valence-electron chi connectivity index (χ4n) is 2.98. The first-order valence-electron chi connectivity index (χ1n) is 9.58. The minimum atomic E-state index is -3.89. The number of aryl methyl sites for hydroxylation is 2. The molecule has 0 fully saturated rings. The summed E-state index contributed by atoms with van der Waals surface area (Å²) in [5.41, 5.74) is 3.34. The molecule has 10 heteroatoms. The van der Waals surface area contributed by atoms with Crippen molar-refractivity contribution in [2.24, 2.45) is 0 Å². The van der Waals surface area contributed by atoms with Crippen LogP contribution >= 0.6 is 11.3 Å². The Labute approximate surface area is 189 Å². The normalized spacial score (nSPS) is 11.2. The number of benzene rings is 2. The smallest absolute Gasteiger partial charge is 0.264 e. The maximum Gasteiger partial charge on any atom is 0.264 e. The Bertz CT molecular complexity index is 1350. The van der Waals surface area contributed by atoms with E-state index in [1.54, 1.807) is 19.9 Å². The zero-order valence-electron chi connectivity index (χ0n) is 17.2. The first-order valence-corrected chi connectivity index (χ1v) is 11.9. The third kappa shape index (κ3) is 4.98. The maximum absolute atomic E-state index is 12.6. The molecule has 0 unspecified atom stereocenters. The molecule has 2 aromatic heterocycles. The van der Waals surface area contributed by atoms with Crippen molar-refractivity contribution in [1.82, 2.24) is 15.0 Å². The highest BCUT2D eigenvalue weighted by Crippen LogP contribution is 2.25. The van der Waals surface area contributed by atoms with Gasteiger partial charge in [0.2, 0.25) is 5.95 Å². The number of rotatable bonds is 6. The van der Waals surface area contributed by atoms with Crippen LogP contribution in [-0.2, 0) is 10.0 Å². The van der Waals surface area contributed by atoms with Crippen molar-refractivity contribution in [1.29, 1.82) is 0 Å². The van der Waals surface area contributed by atoms with Gasteiger partial charge in [-0.05, 0) is 44.2 Å². The number of aromatic nitrogens is 3.